The van der Waals surface area contributed by atoms with Crippen LogP contribution in [0.3, 0.4) is 0 Å². The summed E-state index contributed by atoms with van der Waals surface area (Å²) in [6, 6.07) is 3.98. The fourth-order valence-electron chi connectivity index (χ4n) is 2.45. The molecular formula is C14H13F3N2O2. The Balaban J connectivity index is 1.93. The number of rotatable bonds is 3. The molecule has 1 aromatic carbocycles. The van der Waals surface area contributed by atoms with Crippen LogP contribution in [0.15, 0.2) is 24.3 Å². The summed E-state index contributed by atoms with van der Waals surface area (Å²) in [4.78, 5) is 26.2. The van der Waals surface area contributed by atoms with Crippen LogP contribution in [0.4, 0.5) is 23.7 Å². The number of halogens is 3. The molecule has 0 bridgehead atoms. The van der Waals surface area contributed by atoms with Gasteiger partial charge >= 0.3 is 12.2 Å². The van der Waals surface area contributed by atoms with E-state index in [2.05, 4.69) is 0 Å². The first-order chi connectivity index (χ1) is 9.88. The molecule has 7 heteroatoms. The Morgan fingerprint density at radius 3 is 2.43 bits per heavy atom. The molecule has 0 aromatic heterocycles. The van der Waals surface area contributed by atoms with Crippen LogP contribution in [0.1, 0.15) is 18.4 Å². The Bertz CT molecular complexity index is 596. The van der Waals surface area contributed by atoms with Gasteiger partial charge in [0.05, 0.1) is 11.3 Å². The smallest absolute Gasteiger partial charge is 0.314 e. The molecule has 112 valence electrons. The fraction of sp³-hybridized carbons (Fsp3) is 0.429. The van der Waals surface area contributed by atoms with Crippen LogP contribution in [-0.4, -0.2) is 29.9 Å². The van der Waals surface area contributed by atoms with Gasteiger partial charge in [-0.2, -0.15) is 13.2 Å². The minimum absolute atomic E-state index is 0.151. The van der Waals surface area contributed by atoms with Crippen LogP contribution in [0.2, 0.25) is 0 Å². The summed E-state index contributed by atoms with van der Waals surface area (Å²) in [5.74, 6) is -0.239. The lowest BCUT2D eigenvalue weighted by Crippen LogP contribution is -2.35. The van der Waals surface area contributed by atoms with Crippen LogP contribution in [-0.2, 0) is 11.0 Å². The van der Waals surface area contributed by atoms with Crippen molar-refractivity contribution >= 4 is 17.6 Å². The van der Waals surface area contributed by atoms with Crippen LogP contribution in [0, 0.1) is 5.92 Å². The van der Waals surface area contributed by atoms with E-state index >= 15 is 0 Å². The highest BCUT2D eigenvalue weighted by atomic mass is 19.4. The Kier molecular flexibility index (Phi) is 3.15. The van der Waals surface area contributed by atoms with Crippen LogP contribution >= 0.6 is 0 Å². The number of nitrogens with zero attached hydrogens (tertiary/aromatic N) is 2. The number of anilines is 1. The van der Waals surface area contributed by atoms with E-state index in [9.17, 15) is 22.8 Å². The third-order valence-corrected chi connectivity index (χ3v) is 3.66. The molecule has 0 unspecified atom stereocenters. The maximum Gasteiger partial charge on any atom is 0.418 e. The molecule has 1 aliphatic carbocycles. The van der Waals surface area contributed by atoms with Gasteiger partial charge in [0.15, 0.2) is 0 Å². The van der Waals surface area contributed by atoms with E-state index in [1.54, 1.807) is 0 Å². The summed E-state index contributed by atoms with van der Waals surface area (Å²) in [7, 11) is 0. The maximum atomic E-state index is 13.0. The number of benzene rings is 1. The molecule has 21 heavy (non-hydrogen) atoms. The average Bonchev–Trinajstić information content (AvgIpc) is 3.16. The molecule has 3 rings (SSSR count). The number of carbonyl (C=O) groups excluding carboxylic acids is 2. The minimum atomic E-state index is -4.61. The second-order valence-corrected chi connectivity index (χ2v) is 5.35. The lowest BCUT2D eigenvalue weighted by atomic mass is 10.1. The summed E-state index contributed by atoms with van der Waals surface area (Å²) < 4.78 is 39.0. The van der Waals surface area contributed by atoms with E-state index in [-0.39, 0.29) is 6.54 Å². The van der Waals surface area contributed by atoms with Crippen LogP contribution in [0.25, 0.3) is 0 Å². The Labute approximate surface area is 119 Å². The summed E-state index contributed by atoms with van der Waals surface area (Å²) in [5, 5.41) is 0. The van der Waals surface area contributed by atoms with Gasteiger partial charge in [0.2, 0.25) is 0 Å². The van der Waals surface area contributed by atoms with Crippen molar-refractivity contribution in [2.45, 2.75) is 19.0 Å². The molecule has 1 aromatic rings. The first-order valence-corrected chi connectivity index (χ1v) is 6.66. The van der Waals surface area contributed by atoms with Crippen molar-refractivity contribution in [2.75, 3.05) is 18.0 Å². The molecule has 2 aliphatic rings. The zero-order chi connectivity index (χ0) is 15.2. The van der Waals surface area contributed by atoms with Gasteiger partial charge in [0.25, 0.3) is 5.91 Å². The van der Waals surface area contributed by atoms with Crippen molar-refractivity contribution in [1.29, 1.82) is 0 Å². The van der Waals surface area contributed by atoms with E-state index in [0.717, 1.165) is 25.0 Å². The van der Waals surface area contributed by atoms with Gasteiger partial charge in [0, 0.05) is 6.54 Å². The molecule has 1 saturated carbocycles. The second kappa shape index (κ2) is 4.75. The Hall–Kier alpha value is -2.05. The summed E-state index contributed by atoms with van der Waals surface area (Å²) >= 11 is 0. The van der Waals surface area contributed by atoms with E-state index in [4.69, 9.17) is 0 Å². The molecule has 1 saturated heterocycles. The van der Waals surface area contributed by atoms with Crippen molar-refractivity contribution in [3.63, 3.8) is 0 Å². The third-order valence-electron chi connectivity index (χ3n) is 3.66. The van der Waals surface area contributed by atoms with Crippen molar-refractivity contribution in [3.05, 3.63) is 29.8 Å². The average molecular weight is 298 g/mol. The molecule has 0 atom stereocenters. The predicted octanol–water partition coefficient (Wildman–Crippen LogP) is 2.88. The SMILES string of the molecule is O=C1CN(CC2CC2)C(=O)N1c1ccccc1C(F)(F)F. The molecule has 0 spiro atoms. The molecule has 0 radical (unpaired) electrons. The quantitative estimate of drug-likeness (QED) is 0.805. The van der Waals surface area contributed by atoms with Gasteiger partial charge in [-0.05, 0) is 30.9 Å². The first-order valence-electron chi connectivity index (χ1n) is 6.66. The van der Waals surface area contributed by atoms with Crippen molar-refractivity contribution in [1.82, 2.24) is 4.90 Å². The van der Waals surface area contributed by atoms with Crippen molar-refractivity contribution in [3.8, 4) is 0 Å². The first kappa shape index (κ1) is 13.9. The van der Waals surface area contributed by atoms with E-state index < -0.39 is 29.4 Å². The zero-order valence-electron chi connectivity index (χ0n) is 11.1. The predicted molar refractivity (Wildman–Crippen MR) is 68.6 cm³/mol. The fourth-order valence-corrected chi connectivity index (χ4v) is 2.45. The number of hydrogen-bond acceptors (Lipinski definition) is 2. The third kappa shape index (κ3) is 2.59. The highest BCUT2D eigenvalue weighted by Crippen LogP contribution is 2.38. The number of amides is 3. The van der Waals surface area contributed by atoms with Gasteiger partial charge in [-0.3, -0.25) is 4.79 Å². The number of urea groups is 1. The highest BCUT2D eigenvalue weighted by molar-refractivity contribution is 6.20. The number of para-hydroxylation sites is 1. The van der Waals surface area contributed by atoms with Gasteiger partial charge in [-0.25, -0.2) is 9.69 Å². The molecule has 3 amide bonds. The van der Waals surface area contributed by atoms with Gasteiger partial charge in [-0.1, -0.05) is 12.1 Å². The molecule has 1 heterocycles. The zero-order valence-corrected chi connectivity index (χ0v) is 11.1. The standard InChI is InChI=1S/C14H13F3N2O2/c15-14(16,17)10-3-1-2-4-11(10)19-12(20)8-18(13(19)21)7-9-5-6-9/h1-4,9H,5-8H2. The minimum Gasteiger partial charge on any atom is -0.314 e. The maximum absolute atomic E-state index is 13.0. The normalized spacial score (nSPS) is 19.6. The molecular weight excluding hydrogens is 285 g/mol. The van der Waals surface area contributed by atoms with E-state index in [1.807, 2.05) is 0 Å². The van der Waals surface area contributed by atoms with E-state index in [1.165, 1.54) is 17.0 Å². The molecule has 4 nitrogen and oxygen atoms in total. The van der Waals surface area contributed by atoms with E-state index in [0.29, 0.717) is 17.4 Å². The summed E-state index contributed by atoms with van der Waals surface area (Å²) in [5.41, 5.74) is -1.36. The van der Waals surface area contributed by atoms with Crippen molar-refractivity contribution < 1.29 is 22.8 Å². The summed E-state index contributed by atoms with van der Waals surface area (Å²) in [6.07, 6.45) is -2.62. The number of imide groups is 1. The lowest BCUT2D eigenvalue weighted by Gasteiger charge is -2.20. The van der Waals surface area contributed by atoms with Gasteiger partial charge < -0.3 is 4.90 Å². The van der Waals surface area contributed by atoms with Crippen molar-refractivity contribution in [2.24, 2.45) is 5.92 Å². The Morgan fingerprint density at radius 2 is 1.81 bits per heavy atom. The molecule has 0 N–H and O–H groups in total. The largest absolute Gasteiger partial charge is 0.418 e. The lowest BCUT2D eigenvalue weighted by molar-refractivity contribution is -0.137. The number of carbonyl (C=O) groups is 2. The monoisotopic (exact) mass is 298 g/mol. The second-order valence-electron chi connectivity index (χ2n) is 5.35. The number of alkyl halides is 3. The van der Waals surface area contributed by atoms with Crippen LogP contribution < -0.4 is 4.90 Å². The van der Waals surface area contributed by atoms with Gasteiger partial charge in [0.1, 0.15) is 6.54 Å². The topological polar surface area (TPSA) is 40.6 Å². The van der Waals surface area contributed by atoms with Crippen LogP contribution in [0.5, 0.6) is 0 Å². The molecule has 1 aliphatic heterocycles. The summed E-state index contributed by atoms with van der Waals surface area (Å²) in [6.45, 7) is 0.288. The number of hydrogen-bond donors (Lipinski definition) is 0. The Morgan fingerprint density at radius 1 is 1.14 bits per heavy atom. The molecule has 2 fully saturated rings. The van der Waals surface area contributed by atoms with Gasteiger partial charge in [-0.15, -0.1) is 0 Å². The highest BCUT2D eigenvalue weighted by Gasteiger charge is 2.43.